The average Bonchev–Trinajstić information content (AvgIpc) is 3.26. The zero-order chi connectivity index (χ0) is 23.5. The predicted molar refractivity (Wildman–Crippen MR) is 132 cm³/mol. The first kappa shape index (κ1) is 23.3. The lowest BCUT2D eigenvalue weighted by molar-refractivity contribution is 0.0662. The third kappa shape index (κ3) is 4.91. The molecule has 1 unspecified atom stereocenters. The number of nitrogens with two attached hydrogens (primary N) is 1. The van der Waals surface area contributed by atoms with E-state index in [-0.39, 0.29) is 18.0 Å². The zero-order valence-electron chi connectivity index (χ0n) is 19.2. The second-order valence-corrected chi connectivity index (χ2v) is 9.07. The molecule has 9 heteroatoms. The van der Waals surface area contributed by atoms with Crippen LogP contribution in [0.25, 0.3) is 0 Å². The molecule has 0 aromatic heterocycles. The van der Waals surface area contributed by atoms with E-state index in [1.54, 1.807) is 30.3 Å². The topological polar surface area (TPSA) is 86.8 Å². The summed E-state index contributed by atoms with van der Waals surface area (Å²) < 4.78 is 5.30. The van der Waals surface area contributed by atoms with Gasteiger partial charge in [-0.2, -0.15) is 5.10 Å². The first-order valence-electron chi connectivity index (χ1n) is 11.3. The van der Waals surface area contributed by atoms with E-state index in [2.05, 4.69) is 16.7 Å². The normalized spacial score (nSPS) is 24.6. The van der Waals surface area contributed by atoms with Crippen molar-refractivity contribution in [3.8, 4) is 5.75 Å². The van der Waals surface area contributed by atoms with E-state index in [4.69, 9.17) is 27.1 Å². The van der Waals surface area contributed by atoms with Crippen molar-refractivity contribution < 1.29 is 9.53 Å². The minimum Gasteiger partial charge on any atom is -0.497 e. The van der Waals surface area contributed by atoms with Gasteiger partial charge < -0.3 is 20.3 Å². The van der Waals surface area contributed by atoms with E-state index in [1.165, 1.54) is 0 Å². The largest absolute Gasteiger partial charge is 0.497 e. The number of likely N-dealkylation sites (tertiary alicyclic amines) is 2. The smallest absolute Gasteiger partial charge is 0.256 e. The molecule has 0 saturated carbocycles. The lowest BCUT2D eigenvalue weighted by Crippen LogP contribution is -2.43. The minimum absolute atomic E-state index is 0.115. The summed E-state index contributed by atoms with van der Waals surface area (Å²) in [5.41, 5.74) is 7.57. The van der Waals surface area contributed by atoms with Crippen LogP contribution in [0.15, 0.2) is 52.0 Å². The highest BCUT2D eigenvalue weighted by Crippen LogP contribution is 2.29. The standard InChI is InChI=1S/C24H31ClN6O2/c1-16-14-31(27-2)22(28-23(16)29-11-9-17(26)15-29)12-18-6-4-5-10-30(18)24(32)20-13-19(33-3)7-8-21(20)25/h7-8,12-14,17-18H,2,4-6,9-11,15,26H2,1,3H3/b22-12-/t17-,18?/m0/s1. The molecule has 3 aliphatic rings. The third-order valence-electron chi connectivity index (χ3n) is 6.36. The first-order valence-corrected chi connectivity index (χ1v) is 11.7. The number of hydrazone groups is 1. The van der Waals surface area contributed by atoms with Gasteiger partial charge in [0.2, 0.25) is 0 Å². The first-order chi connectivity index (χ1) is 15.9. The maximum absolute atomic E-state index is 13.5. The molecule has 2 saturated heterocycles. The lowest BCUT2D eigenvalue weighted by Gasteiger charge is -2.35. The molecular formula is C24H31ClN6O2. The van der Waals surface area contributed by atoms with E-state index in [9.17, 15) is 4.79 Å². The number of amidine groups is 1. The molecule has 0 radical (unpaired) electrons. The summed E-state index contributed by atoms with van der Waals surface area (Å²) in [6.07, 6.45) is 7.69. The number of nitrogens with zero attached hydrogens (tertiary/aromatic N) is 5. The highest BCUT2D eigenvalue weighted by molar-refractivity contribution is 6.33. The van der Waals surface area contributed by atoms with Gasteiger partial charge in [0.1, 0.15) is 11.6 Å². The Bertz CT molecular complexity index is 1020. The Morgan fingerprint density at radius 3 is 2.85 bits per heavy atom. The van der Waals surface area contributed by atoms with Crippen LogP contribution in [-0.4, -0.2) is 72.1 Å². The molecule has 0 bridgehead atoms. The van der Waals surface area contributed by atoms with Crippen LogP contribution in [0.2, 0.25) is 5.02 Å². The van der Waals surface area contributed by atoms with Gasteiger partial charge in [0.25, 0.3) is 5.91 Å². The number of methoxy groups -OCH3 is 1. The van der Waals surface area contributed by atoms with Crippen LogP contribution >= 0.6 is 11.6 Å². The van der Waals surface area contributed by atoms with E-state index in [0.717, 1.165) is 50.2 Å². The van der Waals surface area contributed by atoms with Crippen molar-refractivity contribution in [3.05, 3.63) is 52.5 Å². The van der Waals surface area contributed by atoms with Gasteiger partial charge in [-0.15, -0.1) is 0 Å². The maximum Gasteiger partial charge on any atom is 0.256 e. The minimum atomic E-state index is -0.134. The number of ether oxygens (including phenoxy) is 1. The number of hydrogen-bond donors (Lipinski definition) is 1. The molecule has 3 aliphatic heterocycles. The molecule has 3 heterocycles. The van der Waals surface area contributed by atoms with E-state index in [1.807, 2.05) is 24.1 Å². The van der Waals surface area contributed by atoms with E-state index < -0.39 is 0 Å². The van der Waals surface area contributed by atoms with Crippen LogP contribution in [0.5, 0.6) is 5.75 Å². The molecule has 2 N–H and O–H groups in total. The Kier molecular flexibility index (Phi) is 7.05. The van der Waals surface area contributed by atoms with Crippen molar-refractivity contribution in [3.63, 3.8) is 0 Å². The number of benzene rings is 1. The molecule has 33 heavy (non-hydrogen) atoms. The molecule has 176 valence electrons. The Hall–Kier alpha value is -2.84. The average molecular weight is 471 g/mol. The summed E-state index contributed by atoms with van der Waals surface area (Å²) in [4.78, 5) is 22.5. The molecule has 8 nitrogen and oxygen atoms in total. The number of piperidine rings is 1. The lowest BCUT2D eigenvalue weighted by atomic mass is 10.00. The number of rotatable bonds is 4. The SMILES string of the molecule is C=NN1C=C(C)C(N2CC[C@H](N)C2)=N/C1=C/C1CCCCN1C(=O)c1cc(OC)ccc1Cl. The summed E-state index contributed by atoms with van der Waals surface area (Å²) in [6.45, 7) is 8.02. The Labute approximate surface area is 200 Å². The quantitative estimate of drug-likeness (QED) is 0.681. The van der Waals surface area contributed by atoms with Gasteiger partial charge in [0.15, 0.2) is 5.82 Å². The molecule has 2 fully saturated rings. The van der Waals surface area contributed by atoms with Crippen LogP contribution in [0.3, 0.4) is 0 Å². The number of carbonyl (C=O) groups excluding carboxylic acids is 1. The van der Waals surface area contributed by atoms with Crippen molar-refractivity contribution in [1.82, 2.24) is 14.8 Å². The fourth-order valence-electron chi connectivity index (χ4n) is 4.59. The zero-order valence-corrected chi connectivity index (χ0v) is 20.0. The molecule has 0 spiro atoms. The third-order valence-corrected chi connectivity index (χ3v) is 6.69. The molecule has 1 amide bonds. The number of hydrogen-bond acceptors (Lipinski definition) is 7. The van der Waals surface area contributed by atoms with Gasteiger partial charge >= 0.3 is 0 Å². The van der Waals surface area contributed by atoms with E-state index in [0.29, 0.717) is 28.7 Å². The maximum atomic E-state index is 13.5. The second kappa shape index (κ2) is 9.97. The van der Waals surface area contributed by atoms with Crippen LogP contribution in [0.1, 0.15) is 43.0 Å². The highest BCUT2D eigenvalue weighted by Gasteiger charge is 2.31. The molecular weight excluding hydrogens is 440 g/mol. The fourth-order valence-corrected chi connectivity index (χ4v) is 4.79. The highest BCUT2D eigenvalue weighted by atomic mass is 35.5. The Morgan fingerprint density at radius 1 is 1.33 bits per heavy atom. The van der Waals surface area contributed by atoms with Gasteiger partial charge in [0.05, 0.1) is 23.7 Å². The Morgan fingerprint density at radius 2 is 2.15 bits per heavy atom. The summed E-state index contributed by atoms with van der Waals surface area (Å²) >= 11 is 6.38. The molecule has 1 aromatic carbocycles. The fraction of sp³-hybridized carbons (Fsp3) is 0.458. The van der Waals surface area contributed by atoms with Crippen molar-refractivity contribution in [2.75, 3.05) is 26.7 Å². The van der Waals surface area contributed by atoms with Crippen LogP contribution in [0, 0.1) is 0 Å². The van der Waals surface area contributed by atoms with E-state index >= 15 is 0 Å². The molecule has 1 aromatic rings. The summed E-state index contributed by atoms with van der Waals surface area (Å²) in [5, 5.41) is 6.22. The van der Waals surface area contributed by atoms with Crippen LogP contribution in [-0.2, 0) is 0 Å². The number of amides is 1. The van der Waals surface area contributed by atoms with Crippen molar-refractivity contribution in [2.45, 2.75) is 44.7 Å². The summed E-state index contributed by atoms with van der Waals surface area (Å²) in [7, 11) is 1.57. The molecule has 2 atom stereocenters. The monoisotopic (exact) mass is 470 g/mol. The van der Waals surface area contributed by atoms with Crippen molar-refractivity contribution in [1.29, 1.82) is 0 Å². The van der Waals surface area contributed by atoms with Gasteiger partial charge in [-0.3, -0.25) is 4.79 Å². The van der Waals surface area contributed by atoms with Crippen LogP contribution < -0.4 is 10.5 Å². The van der Waals surface area contributed by atoms with Crippen LogP contribution in [0.4, 0.5) is 0 Å². The van der Waals surface area contributed by atoms with Gasteiger partial charge in [-0.25, -0.2) is 10.0 Å². The van der Waals surface area contributed by atoms with Crippen molar-refractivity contribution >= 4 is 30.1 Å². The number of halogens is 1. The molecule has 4 rings (SSSR count). The predicted octanol–water partition coefficient (Wildman–Crippen LogP) is 3.45. The van der Waals surface area contributed by atoms with Crippen molar-refractivity contribution in [2.24, 2.45) is 15.8 Å². The van der Waals surface area contributed by atoms with Gasteiger partial charge in [0, 0.05) is 44.2 Å². The summed E-state index contributed by atoms with van der Waals surface area (Å²) in [5.74, 6) is 2.05. The number of carbonyl (C=O) groups is 1. The number of aliphatic imine (C=N–C) groups is 1. The van der Waals surface area contributed by atoms with Gasteiger partial charge in [-0.1, -0.05) is 11.6 Å². The van der Waals surface area contributed by atoms with Gasteiger partial charge in [-0.05, 0) is 56.9 Å². The summed E-state index contributed by atoms with van der Waals surface area (Å²) in [6, 6.07) is 5.16. The molecule has 0 aliphatic carbocycles. The second-order valence-electron chi connectivity index (χ2n) is 8.66. The Balaban J connectivity index is 1.65.